The van der Waals surface area contributed by atoms with Gasteiger partial charge in [-0.05, 0) is 48.7 Å². The Kier molecular flexibility index (Phi) is 6.06. The largest absolute Gasteiger partial charge is 0.487 e. The van der Waals surface area contributed by atoms with Crippen molar-refractivity contribution < 1.29 is 23.5 Å². The quantitative estimate of drug-likeness (QED) is 0.491. The van der Waals surface area contributed by atoms with E-state index in [0.29, 0.717) is 40.8 Å². The molecule has 0 unspecified atom stereocenters. The molecular formula is C26H23ClFN3O4. The van der Waals surface area contributed by atoms with Crippen molar-refractivity contribution in [3.63, 3.8) is 0 Å². The van der Waals surface area contributed by atoms with Crippen molar-refractivity contribution in [1.29, 1.82) is 0 Å². The molecule has 1 saturated heterocycles. The number of rotatable bonds is 7. The highest BCUT2D eigenvalue weighted by atomic mass is 35.5. The van der Waals surface area contributed by atoms with Crippen LogP contribution in [0.15, 0.2) is 60.8 Å². The summed E-state index contributed by atoms with van der Waals surface area (Å²) in [4.78, 5) is 31.4. The number of anilines is 1. The van der Waals surface area contributed by atoms with E-state index in [1.807, 2.05) is 17.0 Å². The second-order valence-corrected chi connectivity index (χ2v) is 9.17. The van der Waals surface area contributed by atoms with E-state index in [-0.39, 0.29) is 17.8 Å². The minimum absolute atomic E-state index is 0.145. The number of ether oxygens (including phenoxy) is 2. The number of methoxy groups -OCH3 is 1. The Labute approximate surface area is 206 Å². The number of esters is 1. The lowest BCUT2D eigenvalue weighted by Crippen LogP contribution is -2.55. The van der Waals surface area contributed by atoms with Crippen LogP contribution in [0.25, 0.3) is 0 Å². The van der Waals surface area contributed by atoms with Crippen LogP contribution in [0.4, 0.5) is 10.2 Å². The molecule has 2 fully saturated rings. The van der Waals surface area contributed by atoms with Gasteiger partial charge in [-0.2, -0.15) is 0 Å². The number of hydrogen-bond donors (Lipinski definition) is 1. The van der Waals surface area contributed by atoms with Crippen molar-refractivity contribution in [3.8, 4) is 5.75 Å². The zero-order valence-corrected chi connectivity index (χ0v) is 19.7. The molecule has 3 aromatic rings. The first-order valence-electron chi connectivity index (χ1n) is 11.2. The highest BCUT2D eigenvalue weighted by Crippen LogP contribution is 2.46. The van der Waals surface area contributed by atoms with Crippen LogP contribution in [0.2, 0.25) is 5.02 Å². The van der Waals surface area contributed by atoms with Crippen LogP contribution in [0.1, 0.15) is 39.1 Å². The molecule has 0 atom stereocenters. The van der Waals surface area contributed by atoms with Gasteiger partial charge in [0.2, 0.25) is 0 Å². The van der Waals surface area contributed by atoms with Crippen LogP contribution in [0.3, 0.4) is 0 Å². The fourth-order valence-corrected chi connectivity index (χ4v) is 4.37. The maximum absolute atomic E-state index is 13.4. The molecule has 0 spiro atoms. The third kappa shape index (κ3) is 4.79. The number of hydrogen-bond acceptors (Lipinski definition) is 6. The van der Waals surface area contributed by atoms with Crippen molar-refractivity contribution in [3.05, 3.63) is 88.3 Å². The summed E-state index contributed by atoms with van der Waals surface area (Å²) in [5.74, 6) is -0.0623. The molecule has 7 nitrogen and oxygen atoms in total. The predicted octanol–water partition coefficient (Wildman–Crippen LogP) is 4.35. The Bertz CT molecular complexity index is 1270. The fraction of sp³-hybridized carbons (Fsp3) is 0.269. The van der Waals surface area contributed by atoms with Crippen LogP contribution < -0.4 is 15.0 Å². The number of nitrogens with zero attached hydrogens (tertiary/aromatic N) is 2. The zero-order valence-electron chi connectivity index (χ0n) is 19.0. The lowest BCUT2D eigenvalue weighted by Gasteiger charge is -2.40. The van der Waals surface area contributed by atoms with Gasteiger partial charge < -0.3 is 19.7 Å². The van der Waals surface area contributed by atoms with E-state index in [4.69, 9.17) is 21.1 Å². The van der Waals surface area contributed by atoms with Gasteiger partial charge in [0.15, 0.2) is 0 Å². The van der Waals surface area contributed by atoms with Crippen LogP contribution in [-0.4, -0.2) is 43.2 Å². The molecule has 1 aromatic heterocycles. The normalized spacial score (nSPS) is 16.3. The molecule has 1 N–H and O–H groups in total. The van der Waals surface area contributed by atoms with Crippen LogP contribution in [0.5, 0.6) is 5.75 Å². The molecular weight excluding hydrogens is 473 g/mol. The molecule has 9 heteroatoms. The molecule has 2 aliphatic rings. The van der Waals surface area contributed by atoms with Crippen LogP contribution in [0, 0.1) is 5.82 Å². The molecule has 1 amide bonds. The lowest BCUT2D eigenvalue weighted by molar-refractivity contribution is 0.0600. The van der Waals surface area contributed by atoms with Gasteiger partial charge in [-0.3, -0.25) is 4.79 Å². The van der Waals surface area contributed by atoms with Gasteiger partial charge in [-0.25, -0.2) is 14.2 Å². The van der Waals surface area contributed by atoms with E-state index in [2.05, 4.69) is 10.3 Å². The average Bonchev–Trinajstić information content (AvgIpc) is 3.61. The first-order chi connectivity index (χ1) is 16.9. The number of halogens is 2. The highest BCUT2D eigenvalue weighted by molar-refractivity contribution is 6.31. The second kappa shape index (κ2) is 9.19. The molecule has 180 valence electrons. The smallest absolute Gasteiger partial charge is 0.337 e. The molecule has 1 saturated carbocycles. The molecule has 2 aromatic carbocycles. The maximum Gasteiger partial charge on any atom is 0.337 e. The van der Waals surface area contributed by atoms with E-state index < -0.39 is 11.5 Å². The summed E-state index contributed by atoms with van der Waals surface area (Å²) in [6.07, 6.45) is 2.93. The number of amides is 1. The predicted molar refractivity (Wildman–Crippen MR) is 128 cm³/mol. The second-order valence-electron chi connectivity index (χ2n) is 8.73. The summed E-state index contributed by atoms with van der Waals surface area (Å²) < 4.78 is 24.0. The number of aromatic nitrogens is 1. The average molecular weight is 496 g/mol. The van der Waals surface area contributed by atoms with E-state index in [9.17, 15) is 14.0 Å². The van der Waals surface area contributed by atoms with E-state index in [1.54, 1.807) is 30.3 Å². The minimum atomic E-state index is -0.497. The molecule has 0 bridgehead atoms. The SMILES string of the molecule is COC(=O)c1ccc(C2(NC(=O)c3cc(Cl)cnc3N3CC(Oc4cccc(F)c4)C3)CC2)cc1. The Balaban J connectivity index is 1.29. The van der Waals surface area contributed by atoms with Gasteiger partial charge in [-0.1, -0.05) is 29.8 Å². The van der Waals surface area contributed by atoms with Gasteiger partial charge in [-0.15, -0.1) is 0 Å². The molecule has 1 aliphatic carbocycles. The van der Waals surface area contributed by atoms with Crippen LogP contribution >= 0.6 is 11.6 Å². The Hall–Kier alpha value is -3.65. The van der Waals surface area contributed by atoms with Crippen molar-refractivity contribution in [2.45, 2.75) is 24.5 Å². The molecule has 5 rings (SSSR count). The number of carbonyl (C=O) groups is 2. The molecule has 35 heavy (non-hydrogen) atoms. The van der Waals surface area contributed by atoms with Gasteiger partial charge in [0.25, 0.3) is 5.91 Å². The van der Waals surface area contributed by atoms with Crippen LogP contribution in [-0.2, 0) is 10.3 Å². The molecule has 0 radical (unpaired) electrons. The first-order valence-corrected chi connectivity index (χ1v) is 11.6. The van der Waals surface area contributed by atoms with E-state index >= 15 is 0 Å². The van der Waals surface area contributed by atoms with Crippen molar-refractivity contribution >= 4 is 29.3 Å². The Morgan fingerprint density at radius 3 is 2.54 bits per heavy atom. The lowest BCUT2D eigenvalue weighted by atomic mass is 10.0. The zero-order chi connectivity index (χ0) is 24.6. The van der Waals surface area contributed by atoms with Gasteiger partial charge in [0, 0.05) is 12.3 Å². The highest BCUT2D eigenvalue weighted by Gasteiger charge is 2.46. The summed E-state index contributed by atoms with van der Waals surface area (Å²) in [5.41, 5.74) is 1.25. The third-order valence-electron chi connectivity index (χ3n) is 6.29. The number of nitrogens with one attached hydrogen (secondary N) is 1. The third-order valence-corrected chi connectivity index (χ3v) is 6.49. The molecule has 2 heterocycles. The minimum Gasteiger partial charge on any atom is -0.487 e. The van der Waals surface area contributed by atoms with Gasteiger partial charge >= 0.3 is 5.97 Å². The number of pyridine rings is 1. The number of carbonyl (C=O) groups excluding carboxylic acids is 2. The van der Waals surface area contributed by atoms with E-state index in [1.165, 1.54) is 25.4 Å². The monoisotopic (exact) mass is 495 g/mol. The number of benzene rings is 2. The van der Waals surface area contributed by atoms with Crippen molar-refractivity contribution in [1.82, 2.24) is 10.3 Å². The fourth-order valence-electron chi connectivity index (χ4n) is 4.21. The summed E-state index contributed by atoms with van der Waals surface area (Å²) in [6, 6.07) is 14.7. The summed E-state index contributed by atoms with van der Waals surface area (Å²) in [6.45, 7) is 1.01. The summed E-state index contributed by atoms with van der Waals surface area (Å²) in [5, 5.41) is 3.50. The van der Waals surface area contributed by atoms with Crippen molar-refractivity contribution in [2.24, 2.45) is 0 Å². The van der Waals surface area contributed by atoms with Gasteiger partial charge in [0.1, 0.15) is 23.5 Å². The Morgan fingerprint density at radius 2 is 1.89 bits per heavy atom. The van der Waals surface area contributed by atoms with Gasteiger partial charge in [0.05, 0.1) is 41.9 Å². The topological polar surface area (TPSA) is 80.8 Å². The molecule has 1 aliphatic heterocycles. The summed E-state index contributed by atoms with van der Waals surface area (Å²) >= 11 is 6.18. The Morgan fingerprint density at radius 1 is 1.14 bits per heavy atom. The van der Waals surface area contributed by atoms with E-state index in [0.717, 1.165) is 18.4 Å². The summed E-state index contributed by atoms with van der Waals surface area (Å²) in [7, 11) is 1.34. The van der Waals surface area contributed by atoms with Crippen molar-refractivity contribution in [2.75, 3.05) is 25.1 Å². The standard InChI is InChI=1S/C26H23ClFN3O4/c1-34-25(33)16-5-7-17(8-6-16)26(9-10-26)30-24(32)22-11-18(27)13-29-23(22)31-14-21(15-31)35-20-4-2-3-19(28)12-20/h2-8,11-13,21H,9-10,14-15H2,1H3,(H,30,32). The maximum atomic E-state index is 13.4. The first kappa shape index (κ1) is 23.1.